The Morgan fingerprint density at radius 1 is 1.11 bits per heavy atom. The van der Waals surface area contributed by atoms with E-state index in [1.165, 1.54) is 30.4 Å². The van der Waals surface area contributed by atoms with E-state index in [4.69, 9.17) is 5.73 Å². The van der Waals surface area contributed by atoms with Crippen LogP contribution in [0.1, 0.15) is 50.2 Å². The van der Waals surface area contributed by atoms with E-state index in [1.807, 2.05) is 0 Å². The third-order valence-corrected chi connectivity index (χ3v) is 5.08. The van der Waals surface area contributed by atoms with Crippen molar-refractivity contribution in [3.05, 3.63) is 35.4 Å². The summed E-state index contributed by atoms with van der Waals surface area (Å²) in [5.41, 5.74) is 9.24. The summed E-state index contributed by atoms with van der Waals surface area (Å²) >= 11 is 0. The molecule has 1 nitrogen and oxygen atoms in total. The predicted molar refractivity (Wildman–Crippen MR) is 76.5 cm³/mol. The van der Waals surface area contributed by atoms with Gasteiger partial charge in [0.2, 0.25) is 0 Å². The van der Waals surface area contributed by atoms with E-state index >= 15 is 0 Å². The second kappa shape index (κ2) is 4.70. The molecule has 1 aromatic rings. The van der Waals surface area contributed by atoms with Crippen LogP contribution in [0.2, 0.25) is 0 Å². The fourth-order valence-corrected chi connectivity index (χ4v) is 3.96. The number of benzene rings is 1. The van der Waals surface area contributed by atoms with Gasteiger partial charge in [-0.25, -0.2) is 0 Å². The van der Waals surface area contributed by atoms with Crippen molar-refractivity contribution in [1.29, 1.82) is 0 Å². The lowest BCUT2D eigenvalue weighted by Crippen LogP contribution is -2.27. The molecule has 3 unspecified atom stereocenters. The van der Waals surface area contributed by atoms with Crippen molar-refractivity contribution in [2.75, 3.05) is 0 Å². The highest BCUT2D eigenvalue weighted by Crippen LogP contribution is 2.58. The average molecular weight is 243 g/mol. The Hall–Kier alpha value is -0.820. The fourth-order valence-electron chi connectivity index (χ4n) is 3.96. The van der Waals surface area contributed by atoms with E-state index in [0.29, 0.717) is 12.0 Å². The van der Waals surface area contributed by atoms with E-state index in [0.717, 1.165) is 24.2 Å². The third kappa shape index (κ3) is 2.21. The number of rotatable bonds is 4. The molecular formula is C17H25N. The van der Waals surface area contributed by atoms with Gasteiger partial charge in [0, 0.05) is 6.04 Å². The molecule has 0 spiro atoms. The minimum atomic E-state index is 0.394. The molecule has 0 radical (unpaired) electrons. The van der Waals surface area contributed by atoms with Gasteiger partial charge in [0.1, 0.15) is 0 Å². The molecule has 3 atom stereocenters. The summed E-state index contributed by atoms with van der Waals surface area (Å²) < 4.78 is 0. The van der Waals surface area contributed by atoms with Crippen molar-refractivity contribution in [2.24, 2.45) is 23.5 Å². The van der Waals surface area contributed by atoms with Crippen molar-refractivity contribution >= 4 is 0 Å². The van der Waals surface area contributed by atoms with Crippen LogP contribution in [0.15, 0.2) is 24.3 Å². The Morgan fingerprint density at radius 3 is 2.28 bits per heavy atom. The smallest absolute Gasteiger partial charge is 0.0113 e. The summed E-state index contributed by atoms with van der Waals surface area (Å²) in [6.07, 6.45) is 5.39. The van der Waals surface area contributed by atoms with Crippen LogP contribution >= 0.6 is 0 Å². The Labute approximate surface area is 111 Å². The Kier molecular flexibility index (Phi) is 3.19. The molecule has 0 amide bonds. The molecule has 1 heteroatoms. The van der Waals surface area contributed by atoms with Crippen LogP contribution in [0.5, 0.6) is 0 Å². The molecular weight excluding hydrogens is 218 g/mol. The summed E-state index contributed by atoms with van der Waals surface area (Å²) in [5.74, 6) is 3.42. The van der Waals surface area contributed by atoms with Gasteiger partial charge in [-0.2, -0.15) is 0 Å². The second-order valence-corrected chi connectivity index (χ2v) is 6.60. The number of hydrogen-bond acceptors (Lipinski definition) is 1. The topological polar surface area (TPSA) is 26.0 Å². The summed E-state index contributed by atoms with van der Waals surface area (Å²) in [5, 5.41) is 0. The normalized spacial score (nSPS) is 31.4. The van der Waals surface area contributed by atoms with Gasteiger partial charge in [-0.05, 0) is 54.1 Å². The van der Waals surface area contributed by atoms with Crippen LogP contribution in [-0.2, 0) is 6.42 Å². The van der Waals surface area contributed by atoms with E-state index in [9.17, 15) is 0 Å². The Morgan fingerprint density at radius 2 is 1.72 bits per heavy atom. The maximum absolute atomic E-state index is 6.40. The lowest BCUT2D eigenvalue weighted by Gasteiger charge is -2.14. The van der Waals surface area contributed by atoms with Crippen molar-refractivity contribution in [1.82, 2.24) is 0 Å². The standard InChI is InChI=1S/C17H25N/c1-11(2)13-8-6-12(7-9-13)10-16(18)17-14-4-3-5-15(14)17/h6-9,11,14-17H,3-5,10,18H2,1-2H3. The van der Waals surface area contributed by atoms with E-state index in [-0.39, 0.29) is 0 Å². The lowest BCUT2D eigenvalue weighted by atomic mass is 9.96. The molecule has 0 aromatic heterocycles. The zero-order chi connectivity index (χ0) is 12.7. The first-order chi connectivity index (χ1) is 8.66. The first kappa shape index (κ1) is 12.2. The molecule has 98 valence electrons. The monoisotopic (exact) mass is 243 g/mol. The molecule has 18 heavy (non-hydrogen) atoms. The minimum Gasteiger partial charge on any atom is -0.327 e. The largest absolute Gasteiger partial charge is 0.327 e. The molecule has 0 saturated heterocycles. The van der Waals surface area contributed by atoms with Crippen LogP contribution in [0, 0.1) is 17.8 Å². The van der Waals surface area contributed by atoms with Crippen molar-refractivity contribution < 1.29 is 0 Å². The maximum Gasteiger partial charge on any atom is 0.0113 e. The van der Waals surface area contributed by atoms with Gasteiger partial charge in [0.25, 0.3) is 0 Å². The van der Waals surface area contributed by atoms with Gasteiger partial charge in [-0.3, -0.25) is 0 Å². The maximum atomic E-state index is 6.40. The van der Waals surface area contributed by atoms with Crippen LogP contribution < -0.4 is 5.73 Å². The molecule has 3 rings (SSSR count). The fraction of sp³-hybridized carbons (Fsp3) is 0.647. The molecule has 2 saturated carbocycles. The first-order valence-corrected chi connectivity index (χ1v) is 7.51. The van der Waals surface area contributed by atoms with Crippen LogP contribution in [-0.4, -0.2) is 6.04 Å². The molecule has 0 bridgehead atoms. The van der Waals surface area contributed by atoms with Crippen LogP contribution in [0.25, 0.3) is 0 Å². The molecule has 0 aliphatic heterocycles. The third-order valence-electron chi connectivity index (χ3n) is 5.08. The summed E-state index contributed by atoms with van der Waals surface area (Å²) in [6, 6.07) is 9.46. The quantitative estimate of drug-likeness (QED) is 0.857. The molecule has 0 heterocycles. The molecule has 2 aliphatic rings. The highest BCUT2D eigenvalue weighted by molar-refractivity contribution is 5.26. The van der Waals surface area contributed by atoms with Crippen molar-refractivity contribution in [2.45, 2.75) is 51.5 Å². The van der Waals surface area contributed by atoms with E-state index < -0.39 is 0 Å². The van der Waals surface area contributed by atoms with Crippen molar-refractivity contribution in [3.63, 3.8) is 0 Å². The zero-order valence-electron chi connectivity index (χ0n) is 11.6. The van der Waals surface area contributed by atoms with E-state index in [2.05, 4.69) is 38.1 Å². The minimum absolute atomic E-state index is 0.394. The zero-order valence-corrected chi connectivity index (χ0v) is 11.6. The van der Waals surface area contributed by atoms with Gasteiger partial charge >= 0.3 is 0 Å². The van der Waals surface area contributed by atoms with E-state index in [1.54, 1.807) is 0 Å². The van der Waals surface area contributed by atoms with Gasteiger partial charge in [-0.15, -0.1) is 0 Å². The number of nitrogens with two attached hydrogens (primary N) is 1. The predicted octanol–water partition coefficient (Wildman–Crippen LogP) is 3.73. The van der Waals surface area contributed by atoms with Crippen LogP contribution in [0.4, 0.5) is 0 Å². The van der Waals surface area contributed by atoms with Crippen LogP contribution in [0.3, 0.4) is 0 Å². The van der Waals surface area contributed by atoms with Gasteiger partial charge in [0.15, 0.2) is 0 Å². The second-order valence-electron chi connectivity index (χ2n) is 6.60. The molecule has 1 aromatic carbocycles. The summed E-state index contributed by atoms with van der Waals surface area (Å²) in [7, 11) is 0. The van der Waals surface area contributed by atoms with Gasteiger partial charge in [0.05, 0.1) is 0 Å². The molecule has 2 aliphatic carbocycles. The Bertz CT molecular complexity index is 396. The van der Waals surface area contributed by atoms with Gasteiger partial charge < -0.3 is 5.73 Å². The number of fused-ring (bicyclic) bond motifs is 1. The highest BCUT2D eigenvalue weighted by Gasteiger charge is 2.54. The average Bonchev–Trinajstić information content (AvgIpc) is 2.84. The highest BCUT2D eigenvalue weighted by atomic mass is 14.7. The van der Waals surface area contributed by atoms with Gasteiger partial charge in [-0.1, -0.05) is 44.5 Å². The summed E-state index contributed by atoms with van der Waals surface area (Å²) in [6.45, 7) is 4.48. The molecule has 2 fully saturated rings. The summed E-state index contributed by atoms with van der Waals surface area (Å²) in [4.78, 5) is 0. The van der Waals surface area contributed by atoms with Crippen molar-refractivity contribution in [3.8, 4) is 0 Å². The first-order valence-electron chi connectivity index (χ1n) is 7.51. The lowest BCUT2D eigenvalue weighted by molar-refractivity contribution is 0.484. The Balaban J connectivity index is 1.59. The SMILES string of the molecule is CC(C)c1ccc(CC(N)C2C3CCCC32)cc1. The molecule has 2 N–H and O–H groups in total. The number of hydrogen-bond donors (Lipinski definition) is 1.